The number of aromatic hydroxyl groups is 1. The zero-order chi connectivity index (χ0) is 21.6. The van der Waals surface area contributed by atoms with Crippen LogP contribution in [0.3, 0.4) is 0 Å². The first-order valence-electron chi connectivity index (χ1n) is 9.72. The van der Waals surface area contributed by atoms with Crippen LogP contribution in [0.4, 0.5) is 0 Å². The molecule has 0 saturated heterocycles. The van der Waals surface area contributed by atoms with Gasteiger partial charge in [0.2, 0.25) is 0 Å². The summed E-state index contributed by atoms with van der Waals surface area (Å²) in [6.45, 7) is 0.421. The van der Waals surface area contributed by atoms with Crippen molar-refractivity contribution >= 4 is 0 Å². The standard InChI is InChI=1S/C25H22N2O4/c1-29-23-11-8-18(12-24(23)30-2)21-14-26-16-27-25(21)20-10-9-19(13-22(20)28)31-15-17-6-4-3-5-7-17/h3-14,16,28H,15H2,1-2H3. The molecule has 0 bridgehead atoms. The molecule has 0 aliphatic heterocycles. The minimum atomic E-state index is 0.0750. The summed E-state index contributed by atoms with van der Waals surface area (Å²) in [5.41, 5.74) is 3.85. The molecule has 4 aromatic rings. The number of hydrogen-bond acceptors (Lipinski definition) is 6. The summed E-state index contributed by atoms with van der Waals surface area (Å²) in [6, 6.07) is 20.7. The van der Waals surface area contributed by atoms with Crippen LogP contribution in [0.25, 0.3) is 22.4 Å². The minimum Gasteiger partial charge on any atom is -0.507 e. The van der Waals surface area contributed by atoms with Crippen molar-refractivity contribution in [2.45, 2.75) is 6.61 Å². The second-order valence-corrected chi connectivity index (χ2v) is 6.81. The number of nitrogens with zero attached hydrogens (tertiary/aromatic N) is 2. The van der Waals surface area contributed by atoms with Gasteiger partial charge in [0.1, 0.15) is 24.4 Å². The largest absolute Gasteiger partial charge is 0.507 e. The fourth-order valence-corrected chi connectivity index (χ4v) is 3.30. The predicted octanol–water partition coefficient (Wildman–Crippen LogP) is 5.11. The zero-order valence-electron chi connectivity index (χ0n) is 17.3. The normalized spacial score (nSPS) is 10.5. The highest BCUT2D eigenvalue weighted by Crippen LogP contribution is 2.39. The Morgan fingerprint density at radius 3 is 2.39 bits per heavy atom. The van der Waals surface area contributed by atoms with E-state index in [1.807, 2.05) is 54.6 Å². The summed E-state index contributed by atoms with van der Waals surface area (Å²) >= 11 is 0. The van der Waals surface area contributed by atoms with Crippen LogP contribution in [-0.4, -0.2) is 29.3 Å². The lowest BCUT2D eigenvalue weighted by atomic mass is 9.99. The van der Waals surface area contributed by atoms with E-state index in [0.717, 1.165) is 16.7 Å². The molecule has 3 aromatic carbocycles. The Bertz CT molecular complexity index is 1180. The van der Waals surface area contributed by atoms with E-state index in [9.17, 15) is 5.11 Å². The highest BCUT2D eigenvalue weighted by molar-refractivity contribution is 5.83. The smallest absolute Gasteiger partial charge is 0.161 e. The second kappa shape index (κ2) is 9.17. The highest BCUT2D eigenvalue weighted by atomic mass is 16.5. The van der Waals surface area contributed by atoms with E-state index >= 15 is 0 Å². The number of methoxy groups -OCH3 is 2. The molecule has 0 unspecified atom stereocenters. The number of phenolic OH excluding ortho intramolecular Hbond substituents is 1. The Morgan fingerprint density at radius 1 is 0.839 bits per heavy atom. The molecule has 4 rings (SSSR count). The molecule has 0 amide bonds. The van der Waals surface area contributed by atoms with Gasteiger partial charge in [0.05, 0.1) is 19.9 Å². The van der Waals surface area contributed by atoms with Crippen LogP contribution in [0.15, 0.2) is 79.3 Å². The average molecular weight is 414 g/mol. The molecule has 0 aliphatic rings. The third-order valence-corrected chi connectivity index (χ3v) is 4.88. The Balaban J connectivity index is 1.65. The lowest BCUT2D eigenvalue weighted by Gasteiger charge is -2.13. The van der Waals surface area contributed by atoms with Gasteiger partial charge < -0.3 is 19.3 Å². The molecule has 0 saturated carbocycles. The van der Waals surface area contributed by atoms with E-state index < -0.39 is 0 Å². The van der Waals surface area contributed by atoms with Gasteiger partial charge in [-0.05, 0) is 35.4 Å². The quantitative estimate of drug-likeness (QED) is 0.453. The molecule has 0 spiro atoms. The van der Waals surface area contributed by atoms with Crippen LogP contribution in [0.2, 0.25) is 0 Å². The van der Waals surface area contributed by atoms with Crippen LogP contribution in [0, 0.1) is 0 Å². The third-order valence-electron chi connectivity index (χ3n) is 4.88. The molecular formula is C25H22N2O4. The first-order valence-corrected chi connectivity index (χ1v) is 9.72. The molecule has 1 heterocycles. The minimum absolute atomic E-state index is 0.0750. The van der Waals surface area contributed by atoms with E-state index in [1.165, 1.54) is 6.33 Å². The van der Waals surface area contributed by atoms with Crippen LogP contribution in [0.5, 0.6) is 23.0 Å². The molecule has 1 aromatic heterocycles. The van der Waals surface area contributed by atoms with Crippen molar-refractivity contribution in [1.82, 2.24) is 9.97 Å². The fourth-order valence-electron chi connectivity index (χ4n) is 3.30. The summed E-state index contributed by atoms with van der Waals surface area (Å²) in [7, 11) is 3.18. The van der Waals surface area contributed by atoms with Gasteiger partial charge in [0.25, 0.3) is 0 Å². The maximum atomic E-state index is 10.7. The summed E-state index contributed by atoms with van der Waals surface area (Å²) < 4.78 is 16.5. The average Bonchev–Trinajstić information content (AvgIpc) is 2.83. The highest BCUT2D eigenvalue weighted by Gasteiger charge is 2.15. The van der Waals surface area contributed by atoms with Gasteiger partial charge in [-0.2, -0.15) is 0 Å². The maximum Gasteiger partial charge on any atom is 0.161 e. The Morgan fingerprint density at radius 2 is 1.65 bits per heavy atom. The number of ether oxygens (including phenoxy) is 3. The van der Waals surface area contributed by atoms with E-state index in [4.69, 9.17) is 14.2 Å². The van der Waals surface area contributed by atoms with Crippen molar-refractivity contribution in [2.24, 2.45) is 0 Å². The van der Waals surface area contributed by atoms with Crippen LogP contribution < -0.4 is 14.2 Å². The molecule has 0 aliphatic carbocycles. The van der Waals surface area contributed by atoms with Gasteiger partial charge >= 0.3 is 0 Å². The maximum absolute atomic E-state index is 10.7. The fraction of sp³-hybridized carbons (Fsp3) is 0.120. The number of benzene rings is 3. The summed E-state index contributed by atoms with van der Waals surface area (Å²) in [4.78, 5) is 8.59. The number of hydrogen-bond donors (Lipinski definition) is 1. The van der Waals surface area contributed by atoms with Gasteiger partial charge in [-0.1, -0.05) is 36.4 Å². The van der Waals surface area contributed by atoms with Gasteiger partial charge in [-0.25, -0.2) is 9.97 Å². The van der Waals surface area contributed by atoms with Crippen molar-refractivity contribution in [3.8, 4) is 45.4 Å². The van der Waals surface area contributed by atoms with Crippen molar-refractivity contribution in [1.29, 1.82) is 0 Å². The SMILES string of the molecule is COc1ccc(-c2cncnc2-c2ccc(OCc3ccccc3)cc2O)cc1OC. The van der Waals surface area contributed by atoms with E-state index in [-0.39, 0.29) is 5.75 Å². The van der Waals surface area contributed by atoms with Crippen molar-refractivity contribution in [3.05, 3.63) is 84.8 Å². The molecule has 1 N–H and O–H groups in total. The monoisotopic (exact) mass is 414 g/mol. The topological polar surface area (TPSA) is 73.7 Å². The lowest BCUT2D eigenvalue weighted by molar-refractivity contribution is 0.304. The van der Waals surface area contributed by atoms with Crippen LogP contribution >= 0.6 is 0 Å². The second-order valence-electron chi connectivity index (χ2n) is 6.81. The molecule has 0 fully saturated rings. The molecule has 6 heteroatoms. The summed E-state index contributed by atoms with van der Waals surface area (Å²) in [5, 5.41) is 10.7. The van der Waals surface area contributed by atoms with Crippen molar-refractivity contribution in [3.63, 3.8) is 0 Å². The lowest BCUT2D eigenvalue weighted by Crippen LogP contribution is -1.96. The summed E-state index contributed by atoms with van der Waals surface area (Å²) in [6.07, 6.45) is 3.17. The van der Waals surface area contributed by atoms with Crippen LogP contribution in [0.1, 0.15) is 5.56 Å². The van der Waals surface area contributed by atoms with Crippen molar-refractivity contribution < 1.29 is 19.3 Å². The number of phenols is 1. The van der Waals surface area contributed by atoms with Gasteiger partial charge in [0.15, 0.2) is 11.5 Å². The molecule has 156 valence electrons. The van der Waals surface area contributed by atoms with E-state index in [1.54, 1.807) is 32.5 Å². The zero-order valence-corrected chi connectivity index (χ0v) is 17.3. The van der Waals surface area contributed by atoms with E-state index in [0.29, 0.717) is 35.1 Å². The Hall–Kier alpha value is -4.06. The van der Waals surface area contributed by atoms with Gasteiger partial charge in [-0.3, -0.25) is 0 Å². The Labute approximate surface area is 180 Å². The van der Waals surface area contributed by atoms with Crippen molar-refractivity contribution in [2.75, 3.05) is 14.2 Å². The molecule has 31 heavy (non-hydrogen) atoms. The molecular weight excluding hydrogens is 392 g/mol. The molecule has 0 atom stereocenters. The molecule has 0 radical (unpaired) electrons. The van der Waals surface area contributed by atoms with Gasteiger partial charge in [-0.15, -0.1) is 0 Å². The first-order chi connectivity index (χ1) is 15.2. The number of rotatable bonds is 7. The predicted molar refractivity (Wildman–Crippen MR) is 118 cm³/mol. The third kappa shape index (κ3) is 4.43. The number of aromatic nitrogens is 2. The Kier molecular flexibility index (Phi) is 5.98. The first kappa shape index (κ1) is 20.2. The molecule has 6 nitrogen and oxygen atoms in total. The van der Waals surface area contributed by atoms with Gasteiger partial charge in [0, 0.05) is 23.4 Å². The van der Waals surface area contributed by atoms with E-state index in [2.05, 4.69) is 9.97 Å². The van der Waals surface area contributed by atoms with Crippen LogP contribution in [-0.2, 0) is 6.61 Å². The summed E-state index contributed by atoms with van der Waals surface area (Å²) in [5.74, 6) is 1.88.